The van der Waals surface area contributed by atoms with Gasteiger partial charge in [0.15, 0.2) is 0 Å². The summed E-state index contributed by atoms with van der Waals surface area (Å²) in [6, 6.07) is 7.74. The van der Waals surface area contributed by atoms with E-state index in [2.05, 4.69) is 16.4 Å². The van der Waals surface area contributed by atoms with Gasteiger partial charge in [-0.25, -0.2) is 0 Å². The Kier molecular flexibility index (Phi) is 3.15. The van der Waals surface area contributed by atoms with Crippen LogP contribution in [0.2, 0.25) is 0 Å². The summed E-state index contributed by atoms with van der Waals surface area (Å²) in [5, 5.41) is 3.94. The normalized spacial score (nSPS) is 12.6. The Balaban J connectivity index is 2.16. The van der Waals surface area contributed by atoms with Crippen molar-refractivity contribution >= 4 is 22.5 Å². The SMILES string of the molecule is Cc1cc2cc(NC(=O)CC(C)N)ccc2[nH]1. The van der Waals surface area contributed by atoms with Crippen LogP contribution in [-0.2, 0) is 4.79 Å². The van der Waals surface area contributed by atoms with E-state index in [1.807, 2.05) is 32.0 Å². The average Bonchev–Trinajstić information content (AvgIpc) is 2.55. The van der Waals surface area contributed by atoms with Crippen LogP contribution in [0.5, 0.6) is 0 Å². The van der Waals surface area contributed by atoms with Gasteiger partial charge in [-0.15, -0.1) is 0 Å². The molecule has 1 unspecified atom stereocenters. The van der Waals surface area contributed by atoms with Crippen LogP contribution in [0.4, 0.5) is 5.69 Å². The molecule has 1 atom stereocenters. The van der Waals surface area contributed by atoms with E-state index in [1.54, 1.807) is 0 Å². The molecule has 4 nitrogen and oxygen atoms in total. The maximum atomic E-state index is 11.6. The number of fused-ring (bicyclic) bond motifs is 1. The minimum Gasteiger partial charge on any atom is -0.359 e. The summed E-state index contributed by atoms with van der Waals surface area (Å²) < 4.78 is 0. The molecular weight excluding hydrogens is 214 g/mol. The molecule has 17 heavy (non-hydrogen) atoms. The van der Waals surface area contributed by atoms with Gasteiger partial charge in [-0.2, -0.15) is 0 Å². The summed E-state index contributed by atoms with van der Waals surface area (Å²) in [4.78, 5) is 14.8. The zero-order chi connectivity index (χ0) is 12.4. The molecule has 2 rings (SSSR count). The van der Waals surface area contributed by atoms with Gasteiger partial charge in [0.1, 0.15) is 0 Å². The Morgan fingerprint density at radius 3 is 2.94 bits per heavy atom. The number of amides is 1. The van der Waals surface area contributed by atoms with E-state index in [4.69, 9.17) is 5.73 Å². The van der Waals surface area contributed by atoms with Gasteiger partial charge in [-0.3, -0.25) is 4.79 Å². The van der Waals surface area contributed by atoms with E-state index in [0.29, 0.717) is 6.42 Å². The highest BCUT2D eigenvalue weighted by atomic mass is 16.1. The Bertz CT molecular complexity index is 543. The molecule has 2 aromatic rings. The second-order valence-corrected chi connectivity index (χ2v) is 4.48. The van der Waals surface area contributed by atoms with Crippen molar-refractivity contribution in [3.8, 4) is 0 Å². The van der Waals surface area contributed by atoms with E-state index in [-0.39, 0.29) is 11.9 Å². The minimum atomic E-state index is -0.117. The number of rotatable bonds is 3. The number of nitrogens with two attached hydrogens (primary N) is 1. The van der Waals surface area contributed by atoms with E-state index >= 15 is 0 Å². The molecule has 0 spiro atoms. The molecule has 0 saturated carbocycles. The number of benzene rings is 1. The van der Waals surface area contributed by atoms with Crippen molar-refractivity contribution in [2.75, 3.05) is 5.32 Å². The number of carbonyl (C=O) groups excluding carboxylic acids is 1. The predicted molar refractivity (Wildman–Crippen MR) is 69.9 cm³/mol. The number of aryl methyl sites for hydroxylation is 1. The maximum Gasteiger partial charge on any atom is 0.225 e. The van der Waals surface area contributed by atoms with Crippen molar-refractivity contribution in [1.82, 2.24) is 4.98 Å². The molecule has 90 valence electrons. The second-order valence-electron chi connectivity index (χ2n) is 4.48. The van der Waals surface area contributed by atoms with Crippen LogP contribution < -0.4 is 11.1 Å². The Labute approximate surface area is 100 Å². The highest BCUT2D eigenvalue weighted by Crippen LogP contribution is 2.19. The van der Waals surface area contributed by atoms with Crippen LogP contribution in [0, 0.1) is 6.92 Å². The quantitative estimate of drug-likeness (QED) is 0.757. The smallest absolute Gasteiger partial charge is 0.225 e. The molecule has 0 aliphatic heterocycles. The molecule has 0 bridgehead atoms. The van der Waals surface area contributed by atoms with E-state index < -0.39 is 0 Å². The number of carbonyl (C=O) groups is 1. The monoisotopic (exact) mass is 231 g/mol. The Morgan fingerprint density at radius 1 is 1.47 bits per heavy atom. The fourth-order valence-corrected chi connectivity index (χ4v) is 1.86. The molecule has 4 heteroatoms. The van der Waals surface area contributed by atoms with E-state index in [0.717, 1.165) is 22.3 Å². The lowest BCUT2D eigenvalue weighted by atomic mass is 10.2. The number of aromatic nitrogens is 1. The number of anilines is 1. The highest BCUT2D eigenvalue weighted by Gasteiger charge is 2.06. The molecule has 1 aromatic heterocycles. The van der Waals surface area contributed by atoms with Crippen molar-refractivity contribution in [2.45, 2.75) is 26.3 Å². The molecule has 0 aliphatic rings. The molecule has 0 fully saturated rings. The van der Waals surface area contributed by atoms with Crippen molar-refractivity contribution in [2.24, 2.45) is 5.73 Å². The average molecular weight is 231 g/mol. The van der Waals surface area contributed by atoms with Crippen molar-refractivity contribution < 1.29 is 4.79 Å². The van der Waals surface area contributed by atoms with Crippen LogP contribution in [0.15, 0.2) is 24.3 Å². The number of aromatic amines is 1. The molecule has 0 aliphatic carbocycles. The fraction of sp³-hybridized carbons (Fsp3) is 0.308. The third kappa shape index (κ3) is 2.85. The van der Waals surface area contributed by atoms with Crippen LogP contribution >= 0.6 is 0 Å². The summed E-state index contributed by atoms with van der Waals surface area (Å²) in [7, 11) is 0. The summed E-state index contributed by atoms with van der Waals surface area (Å²) in [5.74, 6) is -0.0494. The van der Waals surface area contributed by atoms with Crippen molar-refractivity contribution in [3.05, 3.63) is 30.0 Å². The van der Waals surface area contributed by atoms with Crippen LogP contribution in [0.25, 0.3) is 10.9 Å². The van der Waals surface area contributed by atoms with E-state index in [9.17, 15) is 4.79 Å². The predicted octanol–water partition coefficient (Wildman–Crippen LogP) is 2.15. The fourth-order valence-electron chi connectivity index (χ4n) is 1.86. The van der Waals surface area contributed by atoms with Gasteiger partial charge >= 0.3 is 0 Å². The lowest BCUT2D eigenvalue weighted by molar-refractivity contribution is -0.116. The van der Waals surface area contributed by atoms with Crippen LogP contribution in [-0.4, -0.2) is 16.9 Å². The van der Waals surface area contributed by atoms with Gasteiger partial charge in [0, 0.05) is 34.7 Å². The molecule has 1 aromatic carbocycles. The number of hydrogen-bond donors (Lipinski definition) is 3. The number of hydrogen-bond acceptors (Lipinski definition) is 2. The number of nitrogens with one attached hydrogen (secondary N) is 2. The highest BCUT2D eigenvalue weighted by molar-refractivity contribution is 5.94. The third-order valence-electron chi connectivity index (χ3n) is 2.55. The second kappa shape index (κ2) is 4.59. The van der Waals surface area contributed by atoms with Crippen molar-refractivity contribution in [1.29, 1.82) is 0 Å². The maximum absolute atomic E-state index is 11.6. The first-order valence-corrected chi connectivity index (χ1v) is 5.69. The first-order chi connectivity index (χ1) is 8.04. The largest absolute Gasteiger partial charge is 0.359 e. The third-order valence-corrected chi connectivity index (χ3v) is 2.55. The first kappa shape index (κ1) is 11.7. The lowest BCUT2D eigenvalue weighted by Crippen LogP contribution is -2.23. The lowest BCUT2D eigenvalue weighted by Gasteiger charge is -2.07. The molecular formula is C13H17N3O. The van der Waals surface area contributed by atoms with Crippen LogP contribution in [0.1, 0.15) is 19.0 Å². The summed E-state index contributed by atoms with van der Waals surface area (Å²) in [5.41, 5.74) is 8.57. The van der Waals surface area contributed by atoms with Gasteiger partial charge in [0.2, 0.25) is 5.91 Å². The minimum absolute atomic E-state index is 0.0494. The standard InChI is InChI=1S/C13H17N3O/c1-8(14)5-13(17)16-11-3-4-12-10(7-11)6-9(2)15-12/h3-4,6-8,15H,5,14H2,1-2H3,(H,16,17). The molecule has 4 N–H and O–H groups in total. The Hall–Kier alpha value is -1.81. The zero-order valence-electron chi connectivity index (χ0n) is 10.1. The van der Waals surface area contributed by atoms with Gasteiger partial charge in [-0.05, 0) is 38.1 Å². The first-order valence-electron chi connectivity index (χ1n) is 5.69. The van der Waals surface area contributed by atoms with Crippen LogP contribution in [0.3, 0.4) is 0 Å². The van der Waals surface area contributed by atoms with Gasteiger partial charge in [0.25, 0.3) is 0 Å². The summed E-state index contributed by atoms with van der Waals surface area (Å²) >= 11 is 0. The van der Waals surface area contributed by atoms with Gasteiger partial charge < -0.3 is 16.0 Å². The van der Waals surface area contributed by atoms with Gasteiger partial charge in [-0.1, -0.05) is 0 Å². The molecule has 0 saturated heterocycles. The topological polar surface area (TPSA) is 70.9 Å². The van der Waals surface area contributed by atoms with Crippen molar-refractivity contribution in [3.63, 3.8) is 0 Å². The molecule has 0 radical (unpaired) electrons. The zero-order valence-corrected chi connectivity index (χ0v) is 10.1. The van der Waals surface area contributed by atoms with E-state index in [1.165, 1.54) is 0 Å². The Morgan fingerprint density at radius 2 is 2.24 bits per heavy atom. The molecule has 1 amide bonds. The molecule has 1 heterocycles. The summed E-state index contributed by atoms with van der Waals surface area (Å²) in [6.45, 7) is 3.83. The van der Waals surface area contributed by atoms with Gasteiger partial charge in [0.05, 0.1) is 0 Å². The number of H-pyrrole nitrogens is 1. The summed E-state index contributed by atoms with van der Waals surface area (Å²) in [6.07, 6.45) is 0.338.